The van der Waals surface area contributed by atoms with Crippen LogP contribution >= 0.6 is 11.6 Å². The average Bonchev–Trinajstić information content (AvgIpc) is 2.82. The van der Waals surface area contributed by atoms with Gasteiger partial charge < -0.3 is 10.1 Å². The lowest BCUT2D eigenvalue weighted by molar-refractivity contribution is 0.185. The van der Waals surface area contributed by atoms with E-state index in [1.165, 1.54) is 22.4 Å². The summed E-state index contributed by atoms with van der Waals surface area (Å²) in [6, 6.07) is 14.9. The van der Waals surface area contributed by atoms with E-state index in [2.05, 4.69) is 35.6 Å². The summed E-state index contributed by atoms with van der Waals surface area (Å²) in [4.78, 5) is 0. The molecule has 1 N–H and O–H groups in total. The Kier molecular flexibility index (Phi) is 3.95. The molecule has 1 aliphatic carbocycles. The van der Waals surface area contributed by atoms with Gasteiger partial charge in [0.25, 0.3) is 0 Å². The number of hydrogen-bond acceptors (Lipinski definition) is 2. The van der Waals surface area contributed by atoms with Crippen molar-refractivity contribution in [2.45, 2.75) is 25.5 Å². The molecule has 0 spiro atoms. The third-order valence-electron chi connectivity index (χ3n) is 3.78. The van der Waals surface area contributed by atoms with E-state index >= 15 is 0 Å². The maximum atomic E-state index is 6.06. The molecular formula is C17H18ClNO. The zero-order valence-electron chi connectivity index (χ0n) is 11.5. The molecular weight excluding hydrogens is 270 g/mol. The molecule has 1 unspecified atom stereocenters. The Hall–Kier alpha value is -1.51. The van der Waals surface area contributed by atoms with Crippen LogP contribution in [0, 0.1) is 0 Å². The highest BCUT2D eigenvalue weighted by atomic mass is 35.5. The third-order valence-corrected chi connectivity index (χ3v) is 4.01. The van der Waals surface area contributed by atoms with Crippen LogP contribution in [0.25, 0.3) is 0 Å². The van der Waals surface area contributed by atoms with Gasteiger partial charge in [-0.3, -0.25) is 0 Å². The maximum absolute atomic E-state index is 6.06. The molecule has 1 aliphatic rings. The number of benzene rings is 2. The Bertz CT molecular complexity index is 612. The summed E-state index contributed by atoms with van der Waals surface area (Å²) in [5, 5.41) is 4.46. The standard InChI is InChI=1S/C17H18ClNO/c1-20-11-13-4-2-3-5-17(13)19-16-9-12-6-7-15(18)8-14(12)10-16/h2-8,16,19H,9-11H2,1H3. The minimum Gasteiger partial charge on any atom is -0.381 e. The molecule has 0 amide bonds. The molecule has 0 heterocycles. The Balaban J connectivity index is 1.75. The molecule has 104 valence electrons. The number of methoxy groups -OCH3 is 1. The predicted octanol–water partition coefficient (Wildman–Crippen LogP) is 4.07. The van der Waals surface area contributed by atoms with Crippen molar-refractivity contribution in [3.05, 3.63) is 64.2 Å². The SMILES string of the molecule is COCc1ccccc1NC1Cc2ccc(Cl)cc2C1. The smallest absolute Gasteiger partial charge is 0.0733 e. The van der Waals surface area contributed by atoms with Crippen LogP contribution in [0.2, 0.25) is 5.02 Å². The lowest BCUT2D eigenvalue weighted by atomic mass is 10.1. The average molecular weight is 288 g/mol. The second-order valence-electron chi connectivity index (χ2n) is 5.25. The number of rotatable bonds is 4. The molecule has 0 fully saturated rings. The largest absolute Gasteiger partial charge is 0.381 e. The minimum atomic E-state index is 0.432. The zero-order valence-corrected chi connectivity index (χ0v) is 12.3. The summed E-state index contributed by atoms with van der Waals surface area (Å²) in [5.41, 5.74) is 5.12. The molecule has 0 bridgehead atoms. The van der Waals surface area contributed by atoms with Crippen molar-refractivity contribution < 1.29 is 4.74 Å². The van der Waals surface area contributed by atoms with Gasteiger partial charge in [-0.2, -0.15) is 0 Å². The van der Waals surface area contributed by atoms with Gasteiger partial charge in [-0.05, 0) is 42.2 Å². The molecule has 2 nitrogen and oxygen atoms in total. The highest BCUT2D eigenvalue weighted by Gasteiger charge is 2.21. The molecule has 3 rings (SSSR count). The second kappa shape index (κ2) is 5.86. The van der Waals surface area contributed by atoms with Crippen molar-refractivity contribution in [1.82, 2.24) is 0 Å². The molecule has 0 saturated carbocycles. The van der Waals surface area contributed by atoms with Crippen LogP contribution in [0.3, 0.4) is 0 Å². The summed E-state index contributed by atoms with van der Waals surface area (Å²) in [5.74, 6) is 0. The molecule has 2 aromatic carbocycles. The molecule has 3 heteroatoms. The van der Waals surface area contributed by atoms with E-state index in [0.29, 0.717) is 12.6 Å². The number of nitrogens with one attached hydrogen (secondary N) is 1. The Morgan fingerprint density at radius 1 is 1.15 bits per heavy atom. The number of halogens is 1. The van der Waals surface area contributed by atoms with Gasteiger partial charge in [0.15, 0.2) is 0 Å². The highest BCUT2D eigenvalue weighted by molar-refractivity contribution is 6.30. The van der Waals surface area contributed by atoms with Crippen LogP contribution in [0.5, 0.6) is 0 Å². The van der Waals surface area contributed by atoms with Crippen molar-refractivity contribution in [1.29, 1.82) is 0 Å². The van der Waals surface area contributed by atoms with Crippen LogP contribution in [0.15, 0.2) is 42.5 Å². The van der Waals surface area contributed by atoms with Crippen LogP contribution in [-0.4, -0.2) is 13.2 Å². The highest BCUT2D eigenvalue weighted by Crippen LogP contribution is 2.28. The van der Waals surface area contributed by atoms with E-state index < -0.39 is 0 Å². The van der Waals surface area contributed by atoms with E-state index in [9.17, 15) is 0 Å². The molecule has 2 aromatic rings. The van der Waals surface area contributed by atoms with E-state index in [-0.39, 0.29) is 0 Å². The maximum Gasteiger partial charge on any atom is 0.0733 e. The van der Waals surface area contributed by atoms with Gasteiger partial charge in [0.05, 0.1) is 6.61 Å². The van der Waals surface area contributed by atoms with Crippen molar-refractivity contribution >= 4 is 17.3 Å². The van der Waals surface area contributed by atoms with Crippen molar-refractivity contribution in [3.8, 4) is 0 Å². The second-order valence-corrected chi connectivity index (χ2v) is 5.69. The zero-order chi connectivity index (χ0) is 13.9. The van der Waals surface area contributed by atoms with Gasteiger partial charge in [0.2, 0.25) is 0 Å². The van der Waals surface area contributed by atoms with Gasteiger partial charge in [0, 0.05) is 29.4 Å². The van der Waals surface area contributed by atoms with E-state index in [4.69, 9.17) is 16.3 Å². The molecule has 0 radical (unpaired) electrons. The fraction of sp³-hybridized carbons (Fsp3) is 0.294. The van der Waals surface area contributed by atoms with E-state index in [1.807, 2.05) is 12.1 Å². The molecule has 0 saturated heterocycles. The summed E-state index contributed by atoms with van der Waals surface area (Å²) in [7, 11) is 1.73. The number of fused-ring (bicyclic) bond motifs is 1. The summed E-state index contributed by atoms with van der Waals surface area (Å²) in [6.45, 7) is 0.634. The van der Waals surface area contributed by atoms with E-state index in [0.717, 1.165) is 17.9 Å². The van der Waals surface area contributed by atoms with Crippen molar-refractivity contribution in [2.24, 2.45) is 0 Å². The Morgan fingerprint density at radius 2 is 1.95 bits per heavy atom. The number of anilines is 1. The van der Waals surface area contributed by atoms with Gasteiger partial charge >= 0.3 is 0 Å². The van der Waals surface area contributed by atoms with Crippen LogP contribution in [-0.2, 0) is 24.2 Å². The first-order chi connectivity index (χ1) is 9.76. The van der Waals surface area contributed by atoms with Gasteiger partial charge in [-0.15, -0.1) is 0 Å². The lowest BCUT2D eigenvalue weighted by Gasteiger charge is -2.16. The van der Waals surface area contributed by atoms with Crippen LogP contribution in [0.4, 0.5) is 5.69 Å². The summed E-state index contributed by atoms with van der Waals surface area (Å²) < 4.78 is 5.25. The van der Waals surface area contributed by atoms with Gasteiger partial charge in [-0.25, -0.2) is 0 Å². The van der Waals surface area contributed by atoms with Crippen molar-refractivity contribution in [2.75, 3.05) is 12.4 Å². The van der Waals surface area contributed by atoms with Gasteiger partial charge in [-0.1, -0.05) is 35.9 Å². The molecule has 0 aromatic heterocycles. The third kappa shape index (κ3) is 2.82. The number of para-hydroxylation sites is 1. The first-order valence-electron chi connectivity index (χ1n) is 6.87. The van der Waals surface area contributed by atoms with Gasteiger partial charge in [0.1, 0.15) is 0 Å². The van der Waals surface area contributed by atoms with Crippen molar-refractivity contribution in [3.63, 3.8) is 0 Å². The first kappa shape index (κ1) is 13.5. The summed E-state index contributed by atoms with van der Waals surface area (Å²) >= 11 is 6.06. The fourth-order valence-electron chi connectivity index (χ4n) is 2.85. The molecule has 1 atom stereocenters. The normalized spacial score (nSPS) is 17.0. The Labute approximate surface area is 124 Å². The summed E-state index contributed by atoms with van der Waals surface area (Å²) in [6.07, 6.45) is 2.07. The quantitative estimate of drug-likeness (QED) is 0.915. The molecule has 0 aliphatic heterocycles. The Morgan fingerprint density at radius 3 is 2.80 bits per heavy atom. The number of hydrogen-bond donors (Lipinski definition) is 1. The topological polar surface area (TPSA) is 21.3 Å². The lowest BCUT2D eigenvalue weighted by Crippen LogP contribution is -2.20. The first-order valence-corrected chi connectivity index (χ1v) is 7.25. The monoisotopic (exact) mass is 287 g/mol. The number of ether oxygens (including phenoxy) is 1. The predicted molar refractivity (Wildman–Crippen MR) is 83.4 cm³/mol. The minimum absolute atomic E-state index is 0.432. The molecule has 20 heavy (non-hydrogen) atoms. The van der Waals surface area contributed by atoms with E-state index in [1.54, 1.807) is 7.11 Å². The van der Waals surface area contributed by atoms with Crippen LogP contribution < -0.4 is 5.32 Å². The fourth-order valence-corrected chi connectivity index (χ4v) is 3.05. The van der Waals surface area contributed by atoms with Crippen LogP contribution in [0.1, 0.15) is 16.7 Å².